The van der Waals surface area contributed by atoms with Crippen LogP contribution in [0.2, 0.25) is 0 Å². The van der Waals surface area contributed by atoms with E-state index < -0.39 is 0 Å². The average molecular weight is 734 g/mol. The van der Waals surface area contributed by atoms with Crippen LogP contribution in [0.4, 0.5) is 17.1 Å². The van der Waals surface area contributed by atoms with E-state index in [1.165, 1.54) is 87.2 Å². The Balaban J connectivity index is 1.03. The zero-order valence-corrected chi connectivity index (χ0v) is 31.9. The largest absolute Gasteiger partial charge is 0.310 e. The lowest BCUT2D eigenvalue weighted by atomic mass is 9.57. The molecule has 1 saturated carbocycles. The van der Waals surface area contributed by atoms with Gasteiger partial charge >= 0.3 is 0 Å². The van der Waals surface area contributed by atoms with Crippen LogP contribution in [0.1, 0.15) is 47.9 Å². The van der Waals surface area contributed by atoms with E-state index in [-0.39, 0.29) is 10.8 Å². The van der Waals surface area contributed by atoms with Gasteiger partial charge in [-0.05, 0) is 130 Å². The Bertz CT molecular complexity index is 2950. The molecule has 12 rings (SSSR count). The van der Waals surface area contributed by atoms with Crippen molar-refractivity contribution in [3.8, 4) is 33.4 Å². The maximum atomic E-state index is 2.56. The summed E-state index contributed by atoms with van der Waals surface area (Å²) in [6, 6.07) is 70.8. The molecule has 3 aliphatic rings. The van der Waals surface area contributed by atoms with Crippen LogP contribution >= 0.6 is 11.3 Å². The van der Waals surface area contributed by atoms with E-state index in [1.54, 1.807) is 0 Å². The first-order valence-electron chi connectivity index (χ1n) is 20.0. The number of hydrogen-bond acceptors (Lipinski definition) is 2. The third-order valence-electron chi connectivity index (χ3n) is 13.5. The predicted molar refractivity (Wildman–Crippen MR) is 237 cm³/mol. The van der Waals surface area contributed by atoms with Crippen molar-refractivity contribution in [2.75, 3.05) is 4.90 Å². The Morgan fingerprint density at radius 1 is 0.339 bits per heavy atom. The number of fused-ring (bicyclic) bond motifs is 13. The fourth-order valence-corrected chi connectivity index (χ4v) is 12.0. The van der Waals surface area contributed by atoms with Gasteiger partial charge in [0.25, 0.3) is 0 Å². The minimum atomic E-state index is -0.0509. The molecule has 8 aromatic carbocycles. The lowest BCUT2D eigenvalue weighted by Gasteiger charge is -2.45. The van der Waals surface area contributed by atoms with Crippen molar-refractivity contribution in [1.29, 1.82) is 0 Å². The lowest BCUT2D eigenvalue weighted by Crippen LogP contribution is -2.39. The first kappa shape index (κ1) is 32.1. The van der Waals surface area contributed by atoms with Gasteiger partial charge in [0.15, 0.2) is 0 Å². The highest BCUT2D eigenvalue weighted by atomic mass is 32.1. The summed E-state index contributed by atoms with van der Waals surface area (Å²) in [4.78, 5) is 2.50. The fourth-order valence-electron chi connectivity index (χ4n) is 10.9. The molecule has 1 heterocycles. The third-order valence-corrected chi connectivity index (χ3v) is 14.6. The molecule has 0 amide bonds. The summed E-state index contributed by atoms with van der Waals surface area (Å²) in [5.41, 5.74) is 17.7. The van der Waals surface area contributed by atoms with Crippen molar-refractivity contribution >= 4 is 48.6 Å². The van der Waals surface area contributed by atoms with Crippen LogP contribution in [0.15, 0.2) is 188 Å². The quantitative estimate of drug-likeness (QED) is 0.174. The number of rotatable bonds is 4. The van der Waals surface area contributed by atoms with Crippen LogP contribution in [-0.2, 0) is 10.8 Å². The van der Waals surface area contributed by atoms with E-state index in [9.17, 15) is 0 Å². The number of nitrogens with zero attached hydrogens (tertiary/aromatic N) is 1. The molecule has 0 bridgehead atoms. The predicted octanol–water partition coefficient (Wildman–Crippen LogP) is 15.0. The Hall–Kier alpha value is -6.22. The van der Waals surface area contributed by atoms with E-state index >= 15 is 0 Å². The standard InChI is InChI=1S/C54H39NS/c1-2-13-36(14-3-1)37-15-12-16-38(33-37)55(39-26-28-52-46(34-39)45-20-7-11-24-51(45)56-52)40-25-27-44-43-19-6-10-23-49(43)54(50(44)35-40)31-29-53(30-32-54)47-21-8-4-17-41(47)42-18-5-9-22-48(42)53/h1-28,33-35H,29-32H2. The van der Waals surface area contributed by atoms with Gasteiger partial charge in [-0.1, -0.05) is 140 Å². The maximum Gasteiger partial charge on any atom is 0.0468 e. The summed E-state index contributed by atoms with van der Waals surface area (Å²) in [7, 11) is 0. The first-order valence-corrected chi connectivity index (χ1v) is 20.8. The number of benzene rings is 8. The SMILES string of the molecule is c1ccc(-c2cccc(N(c3ccc4c(c3)C3(CCC5(CC3)c3ccccc3-c3ccccc35)c3ccccc3-4)c3ccc4sc5ccccc5c4c3)c2)cc1. The second-order valence-electron chi connectivity index (χ2n) is 16.1. The molecule has 56 heavy (non-hydrogen) atoms. The summed E-state index contributed by atoms with van der Waals surface area (Å²) in [6.45, 7) is 0. The van der Waals surface area contributed by atoms with E-state index in [4.69, 9.17) is 0 Å². The van der Waals surface area contributed by atoms with Crippen LogP contribution in [-0.4, -0.2) is 0 Å². The van der Waals surface area contributed by atoms with Crippen LogP contribution in [0.5, 0.6) is 0 Å². The molecule has 1 fully saturated rings. The van der Waals surface area contributed by atoms with Gasteiger partial charge < -0.3 is 4.90 Å². The van der Waals surface area contributed by atoms with Crippen LogP contribution in [0.25, 0.3) is 53.6 Å². The molecule has 2 spiro atoms. The molecule has 0 unspecified atom stereocenters. The highest BCUT2D eigenvalue weighted by Crippen LogP contribution is 2.64. The molecule has 0 radical (unpaired) electrons. The van der Waals surface area contributed by atoms with Gasteiger partial charge in [0.05, 0.1) is 0 Å². The minimum absolute atomic E-state index is 0.0509. The van der Waals surface area contributed by atoms with Gasteiger partial charge in [-0.2, -0.15) is 0 Å². The summed E-state index contributed by atoms with van der Waals surface area (Å²) >= 11 is 1.88. The maximum absolute atomic E-state index is 2.56. The molecule has 0 atom stereocenters. The summed E-state index contributed by atoms with van der Waals surface area (Å²) < 4.78 is 2.65. The van der Waals surface area contributed by atoms with Gasteiger partial charge in [0.2, 0.25) is 0 Å². The van der Waals surface area contributed by atoms with Gasteiger partial charge in [-0.3, -0.25) is 0 Å². The van der Waals surface area contributed by atoms with E-state index in [2.05, 4.69) is 193 Å². The second-order valence-corrected chi connectivity index (χ2v) is 17.1. The van der Waals surface area contributed by atoms with Crippen LogP contribution < -0.4 is 4.90 Å². The zero-order valence-electron chi connectivity index (χ0n) is 31.1. The van der Waals surface area contributed by atoms with Gasteiger partial charge in [-0.25, -0.2) is 0 Å². The van der Waals surface area contributed by atoms with Crippen molar-refractivity contribution in [2.24, 2.45) is 0 Å². The van der Waals surface area contributed by atoms with E-state index in [0.717, 1.165) is 31.4 Å². The monoisotopic (exact) mass is 733 g/mol. The molecule has 3 aliphatic carbocycles. The third kappa shape index (κ3) is 4.54. The highest BCUT2D eigenvalue weighted by Gasteiger charge is 2.53. The van der Waals surface area contributed by atoms with E-state index in [1.807, 2.05) is 11.3 Å². The average Bonchev–Trinajstić information content (AvgIpc) is 3.87. The Kier molecular flexibility index (Phi) is 6.95. The van der Waals surface area contributed by atoms with Crippen molar-refractivity contribution in [1.82, 2.24) is 0 Å². The molecule has 0 saturated heterocycles. The minimum Gasteiger partial charge on any atom is -0.310 e. The Morgan fingerprint density at radius 2 is 0.839 bits per heavy atom. The Labute approximate surface area is 332 Å². The second kappa shape index (κ2) is 12.1. The summed E-state index contributed by atoms with van der Waals surface area (Å²) in [5, 5.41) is 2.63. The molecule has 9 aromatic rings. The first-order chi connectivity index (χ1) is 27.7. The van der Waals surface area contributed by atoms with Crippen LogP contribution in [0, 0.1) is 0 Å². The smallest absolute Gasteiger partial charge is 0.0468 e. The van der Waals surface area contributed by atoms with Gasteiger partial charge in [0.1, 0.15) is 0 Å². The zero-order chi connectivity index (χ0) is 36.8. The molecule has 266 valence electrons. The number of hydrogen-bond donors (Lipinski definition) is 0. The van der Waals surface area contributed by atoms with Crippen molar-refractivity contribution in [2.45, 2.75) is 36.5 Å². The topological polar surface area (TPSA) is 3.24 Å². The van der Waals surface area contributed by atoms with Crippen molar-refractivity contribution in [3.05, 3.63) is 210 Å². The van der Waals surface area contributed by atoms with Crippen molar-refractivity contribution in [3.63, 3.8) is 0 Å². The molecule has 0 N–H and O–H groups in total. The molecule has 1 aromatic heterocycles. The molecule has 2 heteroatoms. The molecular formula is C54H39NS. The van der Waals surface area contributed by atoms with Gasteiger partial charge in [-0.15, -0.1) is 11.3 Å². The van der Waals surface area contributed by atoms with Crippen molar-refractivity contribution < 1.29 is 0 Å². The lowest BCUT2D eigenvalue weighted by molar-refractivity contribution is 0.265. The summed E-state index contributed by atoms with van der Waals surface area (Å²) in [5.74, 6) is 0. The Morgan fingerprint density at radius 3 is 1.54 bits per heavy atom. The van der Waals surface area contributed by atoms with E-state index in [0.29, 0.717) is 0 Å². The molecular weight excluding hydrogens is 695 g/mol. The number of thiophene rings is 1. The summed E-state index contributed by atoms with van der Waals surface area (Å²) in [6.07, 6.45) is 4.48. The number of anilines is 3. The fraction of sp³-hybridized carbons (Fsp3) is 0.111. The molecule has 1 nitrogen and oxygen atoms in total. The van der Waals surface area contributed by atoms with Gasteiger partial charge in [0, 0.05) is 48.1 Å². The normalized spacial score (nSPS) is 15.5. The molecule has 0 aliphatic heterocycles. The highest BCUT2D eigenvalue weighted by molar-refractivity contribution is 7.25. The van der Waals surface area contributed by atoms with Crippen LogP contribution in [0.3, 0.4) is 0 Å².